The molecule has 2 rings (SSSR count). The lowest BCUT2D eigenvalue weighted by molar-refractivity contribution is -0.141. The summed E-state index contributed by atoms with van der Waals surface area (Å²) in [5, 5.41) is 0. The molecule has 0 unspecified atom stereocenters. The summed E-state index contributed by atoms with van der Waals surface area (Å²) in [5.41, 5.74) is 1.19. The summed E-state index contributed by atoms with van der Waals surface area (Å²) < 4.78 is 5.47. The number of benzene rings is 1. The van der Waals surface area contributed by atoms with Gasteiger partial charge in [-0.3, -0.25) is 9.59 Å². The van der Waals surface area contributed by atoms with E-state index in [0.717, 1.165) is 44.3 Å². The van der Waals surface area contributed by atoms with Crippen LogP contribution in [0.5, 0.6) is 0 Å². The number of unbranched alkanes of at least 4 members (excludes halogenated alkanes) is 3. The maximum absolute atomic E-state index is 13.1. The van der Waals surface area contributed by atoms with Crippen molar-refractivity contribution in [3.05, 3.63) is 60.1 Å². The van der Waals surface area contributed by atoms with Crippen LogP contribution in [0.2, 0.25) is 0 Å². The minimum atomic E-state index is -0.0299. The van der Waals surface area contributed by atoms with E-state index in [9.17, 15) is 9.59 Å². The number of carbonyl (C=O) groups excluding carboxylic acids is 2. The first-order chi connectivity index (χ1) is 14.6. The van der Waals surface area contributed by atoms with Crippen molar-refractivity contribution in [1.82, 2.24) is 9.80 Å². The van der Waals surface area contributed by atoms with Crippen LogP contribution in [-0.2, 0) is 22.6 Å². The van der Waals surface area contributed by atoms with Crippen molar-refractivity contribution in [1.29, 1.82) is 0 Å². The highest BCUT2D eigenvalue weighted by atomic mass is 16.3. The molecule has 5 nitrogen and oxygen atoms in total. The van der Waals surface area contributed by atoms with Crippen molar-refractivity contribution < 1.29 is 14.0 Å². The molecule has 0 saturated heterocycles. The molecular weight excluding hydrogens is 376 g/mol. The number of carbonyl (C=O) groups is 2. The van der Waals surface area contributed by atoms with Crippen molar-refractivity contribution in [2.24, 2.45) is 0 Å². The van der Waals surface area contributed by atoms with Gasteiger partial charge in [-0.15, -0.1) is 0 Å². The molecule has 0 N–H and O–H groups in total. The molecule has 0 aliphatic rings. The first-order valence-electron chi connectivity index (χ1n) is 11.3. The quantitative estimate of drug-likeness (QED) is 0.408. The van der Waals surface area contributed by atoms with Gasteiger partial charge in [0.1, 0.15) is 5.76 Å². The molecule has 164 valence electrons. The molecule has 2 amide bonds. The van der Waals surface area contributed by atoms with Crippen molar-refractivity contribution in [3.63, 3.8) is 0 Å². The van der Waals surface area contributed by atoms with Gasteiger partial charge in [0.2, 0.25) is 11.8 Å². The van der Waals surface area contributed by atoms with E-state index >= 15 is 0 Å². The Hall–Kier alpha value is -2.56. The fourth-order valence-corrected chi connectivity index (χ4v) is 3.48. The van der Waals surface area contributed by atoms with Crippen molar-refractivity contribution in [2.75, 3.05) is 19.6 Å². The summed E-state index contributed by atoms with van der Waals surface area (Å²) >= 11 is 0. The smallest absolute Gasteiger partial charge is 0.242 e. The number of amides is 2. The normalized spacial score (nSPS) is 10.7. The SMILES string of the molecule is CCCCCCC(=O)N(CCC)CC(=O)N(CCc1ccccc1)Cc1ccco1. The van der Waals surface area contributed by atoms with Gasteiger partial charge in [-0.2, -0.15) is 0 Å². The van der Waals surface area contributed by atoms with E-state index < -0.39 is 0 Å². The summed E-state index contributed by atoms with van der Waals surface area (Å²) in [7, 11) is 0. The molecule has 0 bridgehead atoms. The molecule has 0 radical (unpaired) electrons. The zero-order valence-electron chi connectivity index (χ0n) is 18.5. The molecule has 0 atom stereocenters. The topological polar surface area (TPSA) is 53.8 Å². The Morgan fingerprint density at radius 2 is 1.63 bits per heavy atom. The number of hydrogen-bond acceptors (Lipinski definition) is 3. The van der Waals surface area contributed by atoms with E-state index in [1.807, 2.05) is 37.3 Å². The number of hydrogen-bond donors (Lipinski definition) is 0. The minimum absolute atomic E-state index is 0.0299. The first-order valence-corrected chi connectivity index (χ1v) is 11.3. The van der Waals surface area contributed by atoms with Gasteiger partial charge in [0.25, 0.3) is 0 Å². The highest BCUT2D eigenvalue weighted by Crippen LogP contribution is 2.11. The van der Waals surface area contributed by atoms with Gasteiger partial charge in [-0.05, 0) is 37.0 Å². The Labute approximate surface area is 181 Å². The summed E-state index contributed by atoms with van der Waals surface area (Å²) in [5.74, 6) is 0.810. The minimum Gasteiger partial charge on any atom is -0.467 e. The van der Waals surface area contributed by atoms with E-state index in [4.69, 9.17) is 4.42 Å². The average molecular weight is 413 g/mol. The van der Waals surface area contributed by atoms with Crippen LogP contribution in [0.1, 0.15) is 63.7 Å². The summed E-state index contributed by atoms with van der Waals surface area (Å²) in [6.45, 7) is 5.96. The molecular formula is C25H36N2O3. The molecule has 1 aromatic carbocycles. The van der Waals surface area contributed by atoms with Crippen LogP contribution in [0, 0.1) is 0 Å². The van der Waals surface area contributed by atoms with Gasteiger partial charge in [-0.25, -0.2) is 0 Å². The monoisotopic (exact) mass is 412 g/mol. The highest BCUT2D eigenvalue weighted by Gasteiger charge is 2.21. The second kappa shape index (κ2) is 13.6. The fourth-order valence-electron chi connectivity index (χ4n) is 3.48. The van der Waals surface area contributed by atoms with E-state index in [0.29, 0.717) is 26.1 Å². The summed E-state index contributed by atoms with van der Waals surface area (Å²) in [6, 6.07) is 13.9. The number of rotatable bonds is 14. The second-order valence-electron chi connectivity index (χ2n) is 7.76. The van der Waals surface area contributed by atoms with Gasteiger partial charge in [0.15, 0.2) is 0 Å². The number of furan rings is 1. The van der Waals surface area contributed by atoms with Crippen molar-refractivity contribution in [3.8, 4) is 0 Å². The Morgan fingerprint density at radius 1 is 0.833 bits per heavy atom. The zero-order chi connectivity index (χ0) is 21.6. The maximum Gasteiger partial charge on any atom is 0.242 e. The molecule has 1 heterocycles. The van der Waals surface area contributed by atoms with Crippen LogP contribution in [0.4, 0.5) is 0 Å². The van der Waals surface area contributed by atoms with Crippen LogP contribution >= 0.6 is 0 Å². The molecule has 2 aromatic rings. The van der Waals surface area contributed by atoms with Crippen LogP contribution in [0.15, 0.2) is 53.1 Å². The van der Waals surface area contributed by atoms with E-state index in [-0.39, 0.29) is 18.4 Å². The molecule has 5 heteroatoms. The maximum atomic E-state index is 13.1. The van der Waals surface area contributed by atoms with E-state index in [1.165, 1.54) is 5.56 Å². The fraction of sp³-hybridized carbons (Fsp3) is 0.520. The lowest BCUT2D eigenvalue weighted by Crippen LogP contribution is -2.43. The molecule has 0 aliphatic carbocycles. The molecule has 0 saturated carbocycles. The van der Waals surface area contributed by atoms with Gasteiger partial charge in [-0.1, -0.05) is 63.4 Å². The third kappa shape index (κ3) is 8.44. The largest absolute Gasteiger partial charge is 0.467 e. The Balaban J connectivity index is 1.99. The Morgan fingerprint density at radius 3 is 2.30 bits per heavy atom. The zero-order valence-corrected chi connectivity index (χ0v) is 18.5. The van der Waals surface area contributed by atoms with Gasteiger partial charge < -0.3 is 14.2 Å². The molecule has 30 heavy (non-hydrogen) atoms. The van der Waals surface area contributed by atoms with Crippen molar-refractivity contribution >= 4 is 11.8 Å². The summed E-state index contributed by atoms with van der Waals surface area (Å²) in [4.78, 5) is 29.4. The van der Waals surface area contributed by atoms with Gasteiger partial charge in [0.05, 0.1) is 19.4 Å². The van der Waals surface area contributed by atoms with E-state index in [2.05, 4.69) is 19.1 Å². The van der Waals surface area contributed by atoms with Gasteiger partial charge in [0, 0.05) is 19.5 Å². The van der Waals surface area contributed by atoms with Crippen LogP contribution in [-0.4, -0.2) is 41.2 Å². The predicted octanol–water partition coefficient (Wildman–Crippen LogP) is 5.06. The third-order valence-corrected chi connectivity index (χ3v) is 5.21. The molecule has 0 spiro atoms. The lowest BCUT2D eigenvalue weighted by Gasteiger charge is -2.27. The molecule has 1 aromatic heterocycles. The molecule has 0 fully saturated rings. The predicted molar refractivity (Wildman–Crippen MR) is 120 cm³/mol. The lowest BCUT2D eigenvalue weighted by atomic mass is 10.1. The Kier molecular flexibility index (Phi) is 10.8. The molecule has 0 aliphatic heterocycles. The third-order valence-electron chi connectivity index (χ3n) is 5.21. The summed E-state index contributed by atoms with van der Waals surface area (Å²) in [6.07, 6.45) is 8.02. The van der Waals surface area contributed by atoms with Gasteiger partial charge >= 0.3 is 0 Å². The van der Waals surface area contributed by atoms with E-state index in [1.54, 1.807) is 16.1 Å². The number of nitrogens with zero attached hydrogens (tertiary/aromatic N) is 2. The second-order valence-corrected chi connectivity index (χ2v) is 7.76. The van der Waals surface area contributed by atoms with Crippen LogP contribution in [0.25, 0.3) is 0 Å². The van der Waals surface area contributed by atoms with Crippen LogP contribution in [0.3, 0.4) is 0 Å². The first kappa shape index (κ1) is 23.7. The Bertz CT molecular complexity index is 728. The average Bonchev–Trinajstić information content (AvgIpc) is 3.27. The van der Waals surface area contributed by atoms with Crippen LogP contribution < -0.4 is 0 Å². The van der Waals surface area contributed by atoms with Crippen molar-refractivity contribution in [2.45, 2.75) is 65.3 Å². The standard InChI is InChI=1S/C25H36N2O3/c1-3-5-6-10-15-24(28)26(17-4-2)21-25(29)27(20-23-14-11-19-30-23)18-16-22-12-8-7-9-13-22/h7-9,11-14,19H,3-6,10,15-18,20-21H2,1-2H3. The highest BCUT2D eigenvalue weighted by molar-refractivity contribution is 5.84.